The minimum Gasteiger partial charge on any atom is -0.507 e. The van der Waals surface area contributed by atoms with Crippen LogP contribution in [0.5, 0.6) is 5.75 Å². The number of rotatable bonds is 8. The third-order valence-electron chi connectivity index (χ3n) is 4.67. The number of nitrogens with zero attached hydrogens (tertiary/aromatic N) is 5. The molecule has 2 heterocycles. The molecule has 0 spiro atoms. The van der Waals surface area contributed by atoms with E-state index in [2.05, 4.69) is 15.5 Å². The third-order valence-corrected chi connectivity index (χ3v) is 4.67. The Morgan fingerprint density at radius 2 is 1.94 bits per heavy atom. The Hall–Kier alpha value is -3.44. The van der Waals surface area contributed by atoms with Gasteiger partial charge in [0.15, 0.2) is 11.2 Å². The summed E-state index contributed by atoms with van der Waals surface area (Å²) in [5.41, 5.74) is 2.46. The van der Waals surface area contributed by atoms with Crippen LogP contribution in [-0.2, 0) is 25.4 Å². The monoisotopic (exact) mass is 430 g/mol. The molecule has 0 bridgehead atoms. The Morgan fingerprint density at radius 1 is 1.23 bits per heavy atom. The molecule has 0 radical (unpaired) electrons. The summed E-state index contributed by atoms with van der Waals surface area (Å²) in [6.07, 6.45) is 0.405. The summed E-state index contributed by atoms with van der Waals surface area (Å²) in [4.78, 5) is 29.4. The first-order valence-electron chi connectivity index (χ1n) is 9.73. The fourth-order valence-corrected chi connectivity index (χ4v) is 3.03. The molecule has 0 fully saturated rings. The van der Waals surface area contributed by atoms with Crippen LogP contribution in [-0.4, -0.2) is 53.9 Å². The summed E-state index contributed by atoms with van der Waals surface area (Å²) in [5.74, 6) is 0.211. The number of fused-ring (bicyclic) bond motifs is 1. The number of benzene rings is 1. The summed E-state index contributed by atoms with van der Waals surface area (Å²) < 4.78 is 9.15. The van der Waals surface area contributed by atoms with Crippen molar-refractivity contribution in [2.75, 3.05) is 12.0 Å². The van der Waals surface area contributed by atoms with Gasteiger partial charge in [0.25, 0.3) is 5.56 Å². The lowest BCUT2D eigenvalue weighted by Gasteiger charge is -2.16. The number of phenols is 1. The number of hydrogen-bond acceptors (Lipinski definition) is 8. The first-order valence-corrected chi connectivity index (χ1v) is 9.73. The van der Waals surface area contributed by atoms with E-state index in [0.717, 1.165) is 4.57 Å². The first-order chi connectivity index (χ1) is 14.7. The second-order valence-corrected chi connectivity index (χ2v) is 7.39. The van der Waals surface area contributed by atoms with E-state index < -0.39 is 17.4 Å². The van der Waals surface area contributed by atoms with Gasteiger partial charge in [-0.05, 0) is 26.0 Å². The van der Waals surface area contributed by atoms with Gasteiger partial charge in [0.2, 0.25) is 5.95 Å². The topological polar surface area (TPSA) is 136 Å². The molecule has 11 nitrogen and oxygen atoms in total. The fourth-order valence-electron chi connectivity index (χ4n) is 3.03. The number of hydrogen-bond donors (Lipinski definition) is 3. The predicted octanol–water partition coefficient (Wildman–Crippen LogP) is 0.371. The number of aliphatic hydroxyl groups is 1. The normalized spacial score (nSPS) is 12.8. The molecule has 3 rings (SSSR count). The fraction of sp³-hybridized carbons (Fsp3) is 0.400. The Kier molecular flexibility index (Phi) is 6.56. The molecular formula is C20H26N6O5. The van der Waals surface area contributed by atoms with Crippen molar-refractivity contribution in [2.24, 2.45) is 19.2 Å². The van der Waals surface area contributed by atoms with Crippen LogP contribution in [0.25, 0.3) is 11.2 Å². The summed E-state index contributed by atoms with van der Waals surface area (Å²) in [5, 5.41) is 24.4. The summed E-state index contributed by atoms with van der Waals surface area (Å²) >= 11 is 0. The second kappa shape index (κ2) is 9.14. The Labute approximate surface area is 177 Å². The number of aliphatic hydroxyl groups excluding tert-OH is 1. The van der Waals surface area contributed by atoms with Gasteiger partial charge in [-0.15, -0.1) is 0 Å². The van der Waals surface area contributed by atoms with Gasteiger partial charge in [0, 0.05) is 19.7 Å². The lowest BCUT2D eigenvalue weighted by atomic mass is 10.2. The van der Waals surface area contributed by atoms with Crippen molar-refractivity contribution in [3.8, 4) is 5.75 Å². The maximum absolute atomic E-state index is 12.8. The van der Waals surface area contributed by atoms with Crippen LogP contribution < -0.4 is 16.7 Å². The summed E-state index contributed by atoms with van der Waals surface area (Å²) in [7, 11) is 2.89. The van der Waals surface area contributed by atoms with Gasteiger partial charge in [-0.2, -0.15) is 10.1 Å². The molecule has 3 N–H and O–H groups in total. The smallest absolute Gasteiger partial charge is 0.332 e. The number of aryl methyl sites for hydroxylation is 1. The van der Waals surface area contributed by atoms with E-state index in [1.54, 1.807) is 18.2 Å². The number of para-hydroxylation sites is 1. The van der Waals surface area contributed by atoms with Crippen LogP contribution in [0.3, 0.4) is 0 Å². The highest BCUT2D eigenvalue weighted by atomic mass is 16.5. The van der Waals surface area contributed by atoms with E-state index in [1.807, 2.05) is 13.8 Å². The van der Waals surface area contributed by atoms with Crippen molar-refractivity contribution in [1.29, 1.82) is 0 Å². The van der Waals surface area contributed by atoms with Gasteiger partial charge in [0.1, 0.15) is 5.75 Å². The van der Waals surface area contributed by atoms with E-state index in [9.17, 15) is 19.8 Å². The second-order valence-electron chi connectivity index (χ2n) is 7.39. The molecule has 11 heteroatoms. The molecule has 31 heavy (non-hydrogen) atoms. The molecule has 2 aromatic heterocycles. The van der Waals surface area contributed by atoms with Crippen molar-refractivity contribution in [3.63, 3.8) is 0 Å². The largest absolute Gasteiger partial charge is 0.507 e. The Balaban J connectivity index is 2.03. The molecule has 0 saturated carbocycles. The number of anilines is 1. The lowest BCUT2D eigenvalue weighted by molar-refractivity contribution is -0.000109. The van der Waals surface area contributed by atoms with Crippen molar-refractivity contribution in [1.82, 2.24) is 18.7 Å². The van der Waals surface area contributed by atoms with E-state index in [-0.39, 0.29) is 42.1 Å². The minimum atomic E-state index is -0.926. The van der Waals surface area contributed by atoms with E-state index >= 15 is 0 Å². The van der Waals surface area contributed by atoms with Gasteiger partial charge in [-0.25, -0.2) is 10.2 Å². The third kappa shape index (κ3) is 4.67. The number of aromatic hydroxyl groups is 1. The number of imidazole rings is 1. The first kappa shape index (κ1) is 22.2. The minimum absolute atomic E-state index is 0.00883. The number of aromatic nitrogens is 4. The average molecular weight is 430 g/mol. The molecule has 0 aliphatic rings. The van der Waals surface area contributed by atoms with Crippen molar-refractivity contribution in [2.45, 2.75) is 32.6 Å². The summed E-state index contributed by atoms with van der Waals surface area (Å²) in [6.45, 7) is 3.76. The zero-order chi connectivity index (χ0) is 22.7. The number of hydrazone groups is 1. The maximum atomic E-state index is 12.8. The van der Waals surface area contributed by atoms with E-state index in [0.29, 0.717) is 5.56 Å². The van der Waals surface area contributed by atoms with Gasteiger partial charge in [-0.1, -0.05) is 12.1 Å². The predicted molar refractivity (Wildman–Crippen MR) is 117 cm³/mol. The van der Waals surface area contributed by atoms with Crippen LogP contribution in [0.2, 0.25) is 0 Å². The molecule has 1 aromatic carbocycles. The highest BCUT2D eigenvalue weighted by Gasteiger charge is 2.21. The molecular weight excluding hydrogens is 404 g/mol. The zero-order valence-electron chi connectivity index (χ0n) is 17.8. The maximum Gasteiger partial charge on any atom is 0.332 e. The molecule has 0 aliphatic carbocycles. The highest BCUT2D eigenvalue weighted by molar-refractivity contribution is 5.83. The number of ether oxygens (including phenoxy) is 1. The Bertz CT molecular complexity index is 1220. The molecule has 166 valence electrons. The molecule has 0 saturated heterocycles. The summed E-state index contributed by atoms with van der Waals surface area (Å²) in [6, 6.07) is 6.65. The van der Waals surface area contributed by atoms with Crippen LogP contribution in [0.15, 0.2) is 39.0 Å². The van der Waals surface area contributed by atoms with E-state index in [4.69, 9.17) is 4.74 Å². The van der Waals surface area contributed by atoms with Gasteiger partial charge in [0.05, 0.1) is 31.6 Å². The molecule has 0 amide bonds. The van der Waals surface area contributed by atoms with Crippen LogP contribution >= 0.6 is 0 Å². The Morgan fingerprint density at radius 3 is 2.61 bits per heavy atom. The molecule has 0 aliphatic heterocycles. The zero-order valence-corrected chi connectivity index (χ0v) is 17.8. The van der Waals surface area contributed by atoms with Gasteiger partial charge >= 0.3 is 5.69 Å². The van der Waals surface area contributed by atoms with Crippen LogP contribution in [0.1, 0.15) is 19.4 Å². The van der Waals surface area contributed by atoms with Gasteiger partial charge in [-0.3, -0.25) is 13.9 Å². The van der Waals surface area contributed by atoms with Crippen molar-refractivity contribution < 1.29 is 14.9 Å². The SMILES string of the molecule is CC(C)OC[C@@H](O)Cn1c(N/N=C\c2ccccc2O)nc2c1c(=O)n(C)c(=O)n2C. The lowest BCUT2D eigenvalue weighted by Crippen LogP contribution is -2.38. The average Bonchev–Trinajstić information content (AvgIpc) is 3.09. The molecule has 3 aromatic rings. The van der Waals surface area contributed by atoms with Crippen LogP contribution in [0.4, 0.5) is 5.95 Å². The van der Waals surface area contributed by atoms with Gasteiger partial charge < -0.3 is 19.5 Å². The highest BCUT2D eigenvalue weighted by Crippen LogP contribution is 2.17. The quantitative estimate of drug-likeness (QED) is 0.347. The van der Waals surface area contributed by atoms with E-state index in [1.165, 1.54) is 35.5 Å². The van der Waals surface area contributed by atoms with Crippen LogP contribution in [0, 0.1) is 0 Å². The standard InChI is InChI=1S/C20H26N6O5/c1-12(2)31-11-14(27)10-26-16-17(24(3)20(30)25(4)18(16)29)22-19(26)23-21-9-13-7-5-6-8-15(13)28/h5-9,12,14,27-28H,10-11H2,1-4H3,(H,22,23)/b21-9-/t14-/m0/s1. The van der Waals surface area contributed by atoms with Crippen molar-refractivity contribution >= 4 is 23.3 Å². The molecule has 0 unspecified atom stereocenters. The van der Waals surface area contributed by atoms with Crippen molar-refractivity contribution in [3.05, 3.63) is 50.7 Å². The molecule has 1 atom stereocenters. The number of phenolic OH excluding ortho intramolecular Hbond substituents is 1. The number of nitrogens with one attached hydrogen (secondary N) is 1.